The maximum absolute atomic E-state index is 5.63. The lowest BCUT2D eigenvalue weighted by Gasteiger charge is -2.19. The van der Waals surface area contributed by atoms with Crippen molar-refractivity contribution < 1.29 is 4.74 Å². The molecule has 86 valence electrons. The summed E-state index contributed by atoms with van der Waals surface area (Å²) >= 11 is 1.19. The average molecular weight is 237 g/mol. The van der Waals surface area contributed by atoms with Gasteiger partial charge in [0.05, 0.1) is 17.8 Å². The first kappa shape index (κ1) is 11.1. The van der Waals surface area contributed by atoms with Crippen molar-refractivity contribution in [1.29, 1.82) is 0 Å². The van der Waals surface area contributed by atoms with Crippen molar-refractivity contribution in [3.8, 4) is 5.88 Å². The van der Waals surface area contributed by atoms with Gasteiger partial charge in [-0.25, -0.2) is 0 Å². The zero-order chi connectivity index (χ0) is 11.5. The molecule has 16 heavy (non-hydrogen) atoms. The Hall–Kier alpha value is -1.36. The van der Waals surface area contributed by atoms with Crippen LogP contribution in [0.4, 0.5) is 0 Å². The molecule has 0 amide bonds. The minimum absolute atomic E-state index is 0.125. The number of rotatable bonds is 3. The predicted octanol–water partition coefficient (Wildman–Crippen LogP) is 2.17. The van der Waals surface area contributed by atoms with Crippen LogP contribution in [-0.2, 0) is 0 Å². The van der Waals surface area contributed by atoms with Crippen molar-refractivity contribution in [2.75, 3.05) is 13.6 Å². The number of hydrogen-bond acceptors (Lipinski definition) is 5. The Balaban J connectivity index is 2.23. The van der Waals surface area contributed by atoms with Crippen molar-refractivity contribution in [3.05, 3.63) is 24.0 Å². The van der Waals surface area contributed by atoms with Gasteiger partial charge in [0, 0.05) is 19.2 Å². The highest BCUT2D eigenvalue weighted by molar-refractivity contribution is 6.99. The molecule has 1 aliphatic rings. The zero-order valence-corrected chi connectivity index (χ0v) is 10.5. The third kappa shape index (κ3) is 2.41. The van der Waals surface area contributed by atoms with E-state index in [2.05, 4.69) is 19.7 Å². The first-order chi connectivity index (χ1) is 7.66. The van der Waals surface area contributed by atoms with Gasteiger partial charge in [-0.2, -0.15) is 4.37 Å². The fourth-order valence-corrected chi connectivity index (χ4v) is 2.03. The molecule has 0 unspecified atom stereocenters. The van der Waals surface area contributed by atoms with E-state index in [1.165, 1.54) is 11.7 Å². The number of nitrogens with zero attached hydrogens (tertiary/aromatic N) is 3. The number of ether oxygens (including phenoxy) is 1. The van der Waals surface area contributed by atoms with Gasteiger partial charge < -0.3 is 9.64 Å². The van der Waals surface area contributed by atoms with Crippen LogP contribution in [0.3, 0.4) is 0 Å². The summed E-state index contributed by atoms with van der Waals surface area (Å²) < 4.78 is 14.1. The van der Waals surface area contributed by atoms with Crippen LogP contribution in [0.1, 0.15) is 19.5 Å². The Morgan fingerprint density at radius 3 is 2.94 bits per heavy atom. The summed E-state index contributed by atoms with van der Waals surface area (Å²) in [6.07, 6.45) is 6.23. The monoisotopic (exact) mass is 237 g/mol. The smallest absolute Gasteiger partial charge is 0.253 e. The van der Waals surface area contributed by atoms with Crippen molar-refractivity contribution in [2.24, 2.45) is 0 Å². The van der Waals surface area contributed by atoms with Gasteiger partial charge in [-0.3, -0.25) is 0 Å². The lowest BCUT2D eigenvalue weighted by atomic mass is 10.1. The van der Waals surface area contributed by atoms with E-state index in [9.17, 15) is 0 Å². The Morgan fingerprint density at radius 2 is 2.25 bits per heavy atom. The molecule has 0 radical (unpaired) electrons. The maximum Gasteiger partial charge on any atom is 0.253 e. The van der Waals surface area contributed by atoms with E-state index >= 15 is 0 Å². The fraction of sp³-hybridized carbons (Fsp3) is 0.455. The van der Waals surface area contributed by atoms with E-state index in [1.54, 1.807) is 0 Å². The zero-order valence-electron chi connectivity index (χ0n) is 9.67. The van der Waals surface area contributed by atoms with Gasteiger partial charge in [0.2, 0.25) is 0 Å². The summed E-state index contributed by atoms with van der Waals surface area (Å²) in [5, 5.41) is 0. The van der Waals surface area contributed by atoms with E-state index in [0.717, 1.165) is 17.8 Å². The molecule has 0 atom stereocenters. The second-order valence-electron chi connectivity index (χ2n) is 4.03. The van der Waals surface area contributed by atoms with Crippen molar-refractivity contribution >= 4 is 17.3 Å². The molecule has 2 heterocycles. The molecule has 1 aromatic heterocycles. The quantitative estimate of drug-likeness (QED) is 0.807. The number of hydrogen-bond donors (Lipinski definition) is 0. The topological polar surface area (TPSA) is 38.3 Å². The minimum atomic E-state index is 0.125. The molecule has 2 rings (SSSR count). The summed E-state index contributed by atoms with van der Waals surface area (Å²) in [7, 11) is 2.03. The Kier molecular flexibility index (Phi) is 3.24. The molecule has 0 aromatic carbocycles. The minimum Gasteiger partial charge on any atom is -0.473 e. The van der Waals surface area contributed by atoms with Gasteiger partial charge >= 0.3 is 0 Å². The number of aromatic nitrogens is 2. The molecule has 0 bridgehead atoms. The van der Waals surface area contributed by atoms with Crippen molar-refractivity contribution in [2.45, 2.75) is 20.0 Å². The Bertz CT molecular complexity index is 423. The summed E-state index contributed by atoms with van der Waals surface area (Å²) in [4.78, 5) is 2.10. The van der Waals surface area contributed by atoms with Crippen LogP contribution in [0, 0.1) is 0 Å². The van der Waals surface area contributed by atoms with E-state index in [1.807, 2.05) is 33.2 Å². The van der Waals surface area contributed by atoms with Gasteiger partial charge in [0.1, 0.15) is 5.69 Å². The van der Waals surface area contributed by atoms with Gasteiger partial charge in [0.15, 0.2) is 0 Å². The first-order valence-electron chi connectivity index (χ1n) is 5.24. The third-order valence-corrected chi connectivity index (χ3v) is 2.68. The molecule has 5 heteroatoms. The summed E-state index contributed by atoms with van der Waals surface area (Å²) in [6, 6.07) is 0. The van der Waals surface area contributed by atoms with Crippen LogP contribution >= 0.6 is 11.7 Å². The molecule has 4 nitrogen and oxygen atoms in total. The fourth-order valence-electron chi connectivity index (χ4n) is 1.51. The molecule has 1 aliphatic heterocycles. The van der Waals surface area contributed by atoms with Crippen molar-refractivity contribution in [1.82, 2.24) is 13.6 Å². The molecular formula is C11H15N3OS. The molecule has 0 fully saturated rings. The summed E-state index contributed by atoms with van der Waals surface area (Å²) in [5.41, 5.74) is 2.02. The van der Waals surface area contributed by atoms with Crippen LogP contribution in [0.15, 0.2) is 18.4 Å². The Morgan fingerprint density at radius 1 is 1.44 bits per heavy atom. The maximum atomic E-state index is 5.63. The predicted molar refractivity (Wildman–Crippen MR) is 65.4 cm³/mol. The van der Waals surface area contributed by atoms with Gasteiger partial charge in [-0.15, -0.1) is 4.37 Å². The molecule has 0 spiro atoms. The van der Waals surface area contributed by atoms with E-state index in [0.29, 0.717) is 5.88 Å². The second-order valence-corrected chi connectivity index (χ2v) is 4.56. The molecule has 0 aliphatic carbocycles. The average Bonchev–Trinajstić information content (AvgIpc) is 2.65. The van der Waals surface area contributed by atoms with Crippen LogP contribution in [0.25, 0.3) is 5.57 Å². The highest BCUT2D eigenvalue weighted by Gasteiger charge is 2.17. The molecule has 0 saturated carbocycles. The van der Waals surface area contributed by atoms with E-state index in [-0.39, 0.29) is 6.10 Å². The molecule has 1 aromatic rings. The molecule has 0 saturated heterocycles. The molecule has 0 N–H and O–H groups in total. The second kappa shape index (κ2) is 4.65. The van der Waals surface area contributed by atoms with E-state index < -0.39 is 0 Å². The van der Waals surface area contributed by atoms with E-state index in [4.69, 9.17) is 4.74 Å². The third-order valence-electron chi connectivity index (χ3n) is 2.17. The summed E-state index contributed by atoms with van der Waals surface area (Å²) in [5.74, 6) is 0.648. The van der Waals surface area contributed by atoms with Crippen molar-refractivity contribution in [3.63, 3.8) is 0 Å². The van der Waals surface area contributed by atoms with Crippen LogP contribution < -0.4 is 4.74 Å². The number of likely N-dealkylation sites (N-methyl/N-ethyl adjacent to an activating group) is 1. The Labute approximate surface area is 99.6 Å². The SMILES string of the molecule is CC(C)Oc1nsnc1C1=CC=CN(C)C1. The summed E-state index contributed by atoms with van der Waals surface area (Å²) in [6.45, 7) is 4.82. The lowest BCUT2D eigenvalue weighted by Crippen LogP contribution is -2.17. The van der Waals surface area contributed by atoms with Gasteiger partial charge in [0.25, 0.3) is 5.88 Å². The highest BCUT2D eigenvalue weighted by Crippen LogP contribution is 2.26. The highest BCUT2D eigenvalue weighted by atomic mass is 32.1. The first-order valence-corrected chi connectivity index (χ1v) is 5.97. The van der Waals surface area contributed by atoms with Gasteiger partial charge in [-0.05, 0) is 26.1 Å². The van der Waals surface area contributed by atoms with Crippen LogP contribution in [0.2, 0.25) is 0 Å². The van der Waals surface area contributed by atoms with Crippen LogP contribution in [-0.4, -0.2) is 33.3 Å². The lowest BCUT2D eigenvalue weighted by molar-refractivity contribution is 0.234. The largest absolute Gasteiger partial charge is 0.473 e. The van der Waals surface area contributed by atoms with Crippen LogP contribution in [0.5, 0.6) is 5.88 Å². The molecular weight excluding hydrogens is 222 g/mol. The number of allylic oxidation sites excluding steroid dienone is 2. The van der Waals surface area contributed by atoms with Gasteiger partial charge in [-0.1, -0.05) is 6.08 Å². The normalized spacial score (nSPS) is 15.5. The standard InChI is InChI=1S/C11H15N3OS/c1-8(2)15-11-10(12-16-13-11)9-5-4-6-14(3)7-9/h4-6,8H,7H2,1-3H3.